The molecule has 0 bridgehead atoms. The molecule has 2 aromatic heterocycles. The Kier molecular flexibility index (Phi) is 3.58. The number of nitrogens with zero attached hydrogens (tertiary/aromatic N) is 2. The first-order chi connectivity index (χ1) is 9.65. The summed E-state index contributed by atoms with van der Waals surface area (Å²) in [7, 11) is 0. The van der Waals surface area contributed by atoms with E-state index in [0.29, 0.717) is 19.8 Å². The molecule has 1 saturated heterocycles. The van der Waals surface area contributed by atoms with Gasteiger partial charge in [-0.05, 0) is 26.0 Å². The highest BCUT2D eigenvalue weighted by molar-refractivity contribution is 7.13. The minimum absolute atomic E-state index is 0.0606. The summed E-state index contributed by atoms with van der Waals surface area (Å²) in [6.07, 6.45) is 1.78. The summed E-state index contributed by atoms with van der Waals surface area (Å²) in [5, 5.41) is 0. The minimum atomic E-state index is -0.132. The molecule has 1 aliphatic rings. The fraction of sp³-hybridized carbons (Fsp3) is 0.429. The molecule has 1 aliphatic heterocycles. The molecule has 20 heavy (non-hydrogen) atoms. The van der Waals surface area contributed by atoms with Crippen LogP contribution in [0.25, 0.3) is 0 Å². The van der Waals surface area contributed by atoms with Gasteiger partial charge >= 0.3 is 0 Å². The van der Waals surface area contributed by atoms with Gasteiger partial charge in [-0.25, -0.2) is 4.98 Å². The number of nitrogens with one attached hydrogen (secondary N) is 1. The van der Waals surface area contributed by atoms with Crippen molar-refractivity contribution in [2.45, 2.75) is 19.9 Å². The summed E-state index contributed by atoms with van der Waals surface area (Å²) in [4.78, 5) is 24.0. The summed E-state index contributed by atoms with van der Waals surface area (Å²) in [6.45, 7) is 5.62. The first kappa shape index (κ1) is 13.3. The van der Waals surface area contributed by atoms with Crippen molar-refractivity contribution in [3.8, 4) is 0 Å². The Labute approximate surface area is 121 Å². The van der Waals surface area contributed by atoms with Crippen molar-refractivity contribution in [1.29, 1.82) is 0 Å². The predicted octanol–water partition coefficient (Wildman–Crippen LogP) is 2.30. The maximum absolute atomic E-state index is 12.6. The number of aromatic nitrogens is 2. The zero-order valence-electron chi connectivity index (χ0n) is 11.5. The summed E-state index contributed by atoms with van der Waals surface area (Å²) >= 11 is 1.53. The zero-order chi connectivity index (χ0) is 14.1. The quantitative estimate of drug-likeness (QED) is 0.923. The van der Waals surface area contributed by atoms with E-state index in [1.807, 2.05) is 30.9 Å². The highest BCUT2D eigenvalue weighted by atomic mass is 32.1. The maximum atomic E-state index is 12.6. The molecule has 106 valence electrons. The van der Waals surface area contributed by atoms with Crippen molar-refractivity contribution >= 4 is 17.2 Å². The van der Waals surface area contributed by atoms with E-state index in [-0.39, 0.29) is 11.9 Å². The Morgan fingerprint density at radius 2 is 2.35 bits per heavy atom. The van der Waals surface area contributed by atoms with Gasteiger partial charge in [-0.2, -0.15) is 0 Å². The van der Waals surface area contributed by atoms with Crippen molar-refractivity contribution in [2.75, 3.05) is 19.8 Å². The predicted molar refractivity (Wildman–Crippen MR) is 77.0 cm³/mol. The smallest absolute Gasteiger partial charge is 0.264 e. The van der Waals surface area contributed by atoms with Gasteiger partial charge < -0.3 is 14.6 Å². The number of thiophene rings is 1. The van der Waals surface area contributed by atoms with E-state index in [2.05, 4.69) is 9.97 Å². The first-order valence-corrected chi connectivity index (χ1v) is 7.43. The van der Waals surface area contributed by atoms with Gasteiger partial charge in [-0.1, -0.05) is 0 Å². The lowest BCUT2D eigenvalue weighted by molar-refractivity contribution is -0.00474. The third-order valence-electron chi connectivity index (χ3n) is 3.38. The second-order valence-electron chi connectivity index (χ2n) is 4.95. The second kappa shape index (κ2) is 5.38. The summed E-state index contributed by atoms with van der Waals surface area (Å²) < 4.78 is 5.52. The highest BCUT2D eigenvalue weighted by Crippen LogP contribution is 2.26. The van der Waals surface area contributed by atoms with E-state index in [0.717, 1.165) is 21.3 Å². The van der Waals surface area contributed by atoms with Crippen LogP contribution < -0.4 is 0 Å². The fourth-order valence-corrected chi connectivity index (χ4v) is 3.19. The lowest BCUT2D eigenvalue weighted by Crippen LogP contribution is -2.43. The molecule has 6 heteroatoms. The normalized spacial score (nSPS) is 19.3. The van der Waals surface area contributed by atoms with Crippen LogP contribution in [0.5, 0.6) is 0 Å². The van der Waals surface area contributed by atoms with Gasteiger partial charge in [0.1, 0.15) is 11.9 Å². The molecular formula is C14H17N3O2S. The van der Waals surface area contributed by atoms with Gasteiger partial charge in [0.05, 0.1) is 18.1 Å². The van der Waals surface area contributed by atoms with Crippen LogP contribution >= 0.6 is 11.3 Å². The topological polar surface area (TPSA) is 58.2 Å². The second-order valence-corrected chi connectivity index (χ2v) is 6.24. The molecule has 1 atom stereocenters. The Hall–Kier alpha value is -1.66. The van der Waals surface area contributed by atoms with Crippen molar-refractivity contribution in [3.05, 3.63) is 39.6 Å². The first-order valence-electron chi connectivity index (χ1n) is 6.62. The van der Waals surface area contributed by atoms with Gasteiger partial charge in [0.2, 0.25) is 0 Å². The molecule has 0 unspecified atom stereocenters. The van der Waals surface area contributed by atoms with E-state index < -0.39 is 0 Å². The van der Waals surface area contributed by atoms with Crippen molar-refractivity contribution in [1.82, 2.24) is 14.9 Å². The van der Waals surface area contributed by atoms with Gasteiger partial charge in [-0.3, -0.25) is 4.79 Å². The Morgan fingerprint density at radius 3 is 3.00 bits per heavy atom. The summed E-state index contributed by atoms with van der Waals surface area (Å²) in [6, 6.07) is 3.74. The van der Waals surface area contributed by atoms with E-state index >= 15 is 0 Å². The number of amides is 1. The number of rotatable bonds is 2. The van der Waals surface area contributed by atoms with Gasteiger partial charge in [0.15, 0.2) is 0 Å². The number of aromatic amines is 1. The monoisotopic (exact) mass is 291 g/mol. The number of carbonyl (C=O) groups excluding carboxylic acids is 1. The van der Waals surface area contributed by atoms with Crippen LogP contribution in [0.3, 0.4) is 0 Å². The maximum Gasteiger partial charge on any atom is 0.264 e. The molecular weight excluding hydrogens is 274 g/mol. The third-order valence-corrected chi connectivity index (χ3v) is 4.37. The highest BCUT2D eigenvalue weighted by Gasteiger charge is 2.31. The number of ether oxygens (including phenoxy) is 1. The summed E-state index contributed by atoms with van der Waals surface area (Å²) in [5.74, 6) is 0.856. The number of hydrogen-bond acceptors (Lipinski definition) is 4. The van der Waals surface area contributed by atoms with E-state index in [1.165, 1.54) is 11.3 Å². The van der Waals surface area contributed by atoms with Crippen molar-refractivity contribution < 1.29 is 9.53 Å². The van der Waals surface area contributed by atoms with Crippen molar-refractivity contribution in [2.24, 2.45) is 0 Å². The number of imidazole rings is 1. The average molecular weight is 291 g/mol. The SMILES string of the molecule is Cc1cnc([C@@H]2COCCN2C(=O)c2ccc(C)s2)[nH]1. The molecule has 2 aromatic rings. The van der Waals surface area contributed by atoms with Gasteiger partial charge in [0.25, 0.3) is 5.91 Å². The molecule has 3 heterocycles. The van der Waals surface area contributed by atoms with E-state index in [4.69, 9.17) is 4.74 Å². The van der Waals surface area contributed by atoms with Crippen LogP contribution in [0.1, 0.15) is 32.1 Å². The van der Waals surface area contributed by atoms with Gasteiger partial charge in [-0.15, -0.1) is 11.3 Å². The molecule has 0 aromatic carbocycles. The van der Waals surface area contributed by atoms with Crippen LogP contribution in [0.4, 0.5) is 0 Å². The van der Waals surface area contributed by atoms with Crippen LogP contribution in [-0.2, 0) is 4.74 Å². The Bertz CT molecular complexity index is 619. The molecule has 1 amide bonds. The Balaban J connectivity index is 1.87. The van der Waals surface area contributed by atoms with E-state index in [1.54, 1.807) is 6.20 Å². The molecule has 0 saturated carbocycles. The fourth-order valence-electron chi connectivity index (χ4n) is 2.37. The molecule has 3 rings (SSSR count). The van der Waals surface area contributed by atoms with E-state index in [9.17, 15) is 4.79 Å². The number of morpholine rings is 1. The molecule has 1 N–H and O–H groups in total. The van der Waals surface area contributed by atoms with Crippen LogP contribution in [0.15, 0.2) is 18.3 Å². The molecule has 0 radical (unpaired) electrons. The zero-order valence-corrected chi connectivity index (χ0v) is 12.4. The Morgan fingerprint density at radius 1 is 1.50 bits per heavy atom. The van der Waals surface area contributed by atoms with Crippen LogP contribution in [-0.4, -0.2) is 40.5 Å². The number of hydrogen-bond donors (Lipinski definition) is 1. The van der Waals surface area contributed by atoms with Crippen LogP contribution in [0, 0.1) is 13.8 Å². The number of aryl methyl sites for hydroxylation is 2. The average Bonchev–Trinajstić information content (AvgIpc) is 3.07. The molecule has 5 nitrogen and oxygen atoms in total. The third kappa shape index (κ3) is 2.48. The van der Waals surface area contributed by atoms with Gasteiger partial charge in [0, 0.05) is 23.3 Å². The molecule has 0 spiro atoms. The van der Waals surface area contributed by atoms with Crippen molar-refractivity contribution in [3.63, 3.8) is 0 Å². The summed E-state index contributed by atoms with van der Waals surface area (Å²) in [5.41, 5.74) is 0.991. The number of H-pyrrole nitrogens is 1. The lowest BCUT2D eigenvalue weighted by atomic mass is 10.2. The molecule has 0 aliphatic carbocycles. The minimum Gasteiger partial charge on any atom is -0.377 e. The lowest BCUT2D eigenvalue weighted by Gasteiger charge is -2.34. The number of carbonyl (C=O) groups is 1. The standard InChI is InChI=1S/C14H17N3O2S/c1-9-7-15-13(16-9)11-8-19-6-5-17(11)14(18)12-4-3-10(2)20-12/h3-4,7,11H,5-6,8H2,1-2H3,(H,15,16)/t11-/m0/s1. The largest absolute Gasteiger partial charge is 0.377 e. The van der Waals surface area contributed by atoms with Crippen LogP contribution in [0.2, 0.25) is 0 Å². The molecule has 1 fully saturated rings.